The van der Waals surface area contributed by atoms with Gasteiger partial charge >= 0.3 is 0 Å². The van der Waals surface area contributed by atoms with Crippen LogP contribution in [0.25, 0.3) is 6.08 Å². The molecule has 0 spiro atoms. The van der Waals surface area contributed by atoms with Gasteiger partial charge in [-0.15, -0.1) is 0 Å². The molecule has 0 aromatic heterocycles. The van der Waals surface area contributed by atoms with Crippen molar-refractivity contribution in [2.24, 2.45) is 0 Å². The summed E-state index contributed by atoms with van der Waals surface area (Å²) in [6, 6.07) is 8.66. The molecule has 1 N–H and O–H groups in total. The molecule has 1 amide bonds. The van der Waals surface area contributed by atoms with E-state index in [1.54, 1.807) is 50.6 Å². The zero-order valence-corrected chi connectivity index (χ0v) is 16.0. The van der Waals surface area contributed by atoms with Gasteiger partial charge < -0.3 is 29.0 Å². The van der Waals surface area contributed by atoms with Crippen LogP contribution in [0.3, 0.4) is 0 Å². The Morgan fingerprint density at radius 2 is 1.48 bits per heavy atom. The number of carbonyl (C=O) groups excluding carboxylic acids is 1. The van der Waals surface area contributed by atoms with Gasteiger partial charge in [0.15, 0.2) is 11.5 Å². The maximum Gasteiger partial charge on any atom is 0.248 e. The van der Waals surface area contributed by atoms with E-state index < -0.39 is 0 Å². The molecule has 2 aromatic rings. The summed E-state index contributed by atoms with van der Waals surface area (Å²) in [6.07, 6.45) is 3.02. The van der Waals surface area contributed by atoms with Crippen LogP contribution in [0.5, 0.6) is 28.7 Å². The Morgan fingerprint density at radius 3 is 2.07 bits per heavy atom. The number of anilines is 1. The van der Waals surface area contributed by atoms with Gasteiger partial charge in [-0.2, -0.15) is 0 Å². The van der Waals surface area contributed by atoms with Crippen molar-refractivity contribution in [3.05, 3.63) is 42.0 Å². The normalized spacial score (nSPS) is 10.4. The van der Waals surface area contributed by atoms with Crippen molar-refractivity contribution in [2.45, 2.75) is 0 Å². The third-order valence-electron chi connectivity index (χ3n) is 3.81. The highest BCUT2D eigenvalue weighted by atomic mass is 16.5. The van der Waals surface area contributed by atoms with E-state index in [-0.39, 0.29) is 5.91 Å². The molecule has 0 saturated heterocycles. The summed E-state index contributed by atoms with van der Waals surface area (Å²) in [4.78, 5) is 12.3. The first-order valence-electron chi connectivity index (χ1n) is 8.08. The second kappa shape index (κ2) is 9.38. The number of methoxy groups -OCH3 is 5. The fraction of sp³-hybridized carbons (Fsp3) is 0.250. The average Bonchev–Trinajstić information content (AvgIpc) is 2.71. The maximum absolute atomic E-state index is 12.3. The smallest absolute Gasteiger partial charge is 0.248 e. The van der Waals surface area contributed by atoms with E-state index in [1.165, 1.54) is 27.4 Å². The molecule has 0 heterocycles. The third-order valence-corrected chi connectivity index (χ3v) is 3.81. The van der Waals surface area contributed by atoms with Crippen LogP contribution in [0, 0.1) is 0 Å². The molecule has 0 saturated carbocycles. The second-order valence-corrected chi connectivity index (χ2v) is 5.31. The van der Waals surface area contributed by atoms with Crippen LogP contribution in [-0.2, 0) is 4.79 Å². The van der Waals surface area contributed by atoms with Gasteiger partial charge in [0.1, 0.15) is 11.5 Å². The van der Waals surface area contributed by atoms with Crippen molar-refractivity contribution in [1.29, 1.82) is 0 Å². The highest BCUT2D eigenvalue weighted by molar-refractivity contribution is 6.03. The number of hydrogen-bond acceptors (Lipinski definition) is 6. The van der Waals surface area contributed by atoms with Gasteiger partial charge in [-0.05, 0) is 30.3 Å². The molecule has 7 heteroatoms. The van der Waals surface area contributed by atoms with E-state index in [1.807, 2.05) is 0 Å². The minimum atomic E-state index is -0.335. The first kappa shape index (κ1) is 20.0. The molecule has 144 valence electrons. The van der Waals surface area contributed by atoms with Crippen molar-refractivity contribution in [3.8, 4) is 28.7 Å². The molecule has 2 aromatic carbocycles. The van der Waals surface area contributed by atoms with E-state index in [2.05, 4.69) is 5.32 Å². The predicted octanol–water partition coefficient (Wildman–Crippen LogP) is 3.38. The lowest BCUT2D eigenvalue weighted by Crippen LogP contribution is -2.09. The number of rotatable bonds is 8. The summed E-state index contributed by atoms with van der Waals surface area (Å²) < 4.78 is 26.4. The van der Waals surface area contributed by atoms with Crippen molar-refractivity contribution in [1.82, 2.24) is 0 Å². The van der Waals surface area contributed by atoms with Gasteiger partial charge in [-0.25, -0.2) is 0 Å². The highest BCUT2D eigenvalue weighted by Crippen LogP contribution is 2.40. The van der Waals surface area contributed by atoms with Crippen molar-refractivity contribution in [2.75, 3.05) is 40.9 Å². The van der Waals surface area contributed by atoms with Gasteiger partial charge in [0.2, 0.25) is 11.7 Å². The SMILES string of the molecule is COc1ccc(OC)c(NC(=O)/C=C/c2ccc(OC)c(OC)c2OC)c1. The van der Waals surface area contributed by atoms with Crippen LogP contribution < -0.4 is 29.0 Å². The number of ether oxygens (including phenoxy) is 5. The Kier molecular flexibility index (Phi) is 6.93. The average molecular weight is 373 g/mol. The van der Waals surface area contributed by atoms with Crippen molar-refractivity contribution >= 4 is 17.7 Å². The standard InChI is InChI=1S/C20H23NO6/c1-23-14-8-10-16(24-2)15(12-14)21-18(22)11-7-13-6-9-17(25-3)20(27-5)19(13)26-4/h6-12H,1-5H3,(H,21,22)/b11-7+. The zero-order chi connectivity index (χ0) is 19.8. The summed E-state index contributed by atoms with van der Waals surface area (Å²) in [5, 5.41) is 2.77. The summed E-state index contributed by atoms with van der Waals surface area (Å²) >= 11 is 0. The molecule has 0 aliphatic rings. The number of benzene rings is 2. The Balaban J connectivity index is 2.25. The van der Waals surface area contributed by atoms with Gasteiger partial charge in [0.05, 0.1) is 41.2 Å². The van der Waals surface area contributed by atoms with E-state index in [4.69, 9.17) is 23.7 Å². The second-order valence-electron chi connectivity index (χ2n) is 5.31. The first-order chi connectivity index (χ1) is 13.1. The predicted molar refractivity (Wildman–Crippen MR) is 103 cm³/mol. The molecule has 2 rings (SSSR count). The molecule has 0 unspecified atom stereocenters. The maximum atomic E-state index is 12.3. The summed E-state index contributed by atoms with van der Waals surface area (Å²) in [5.41, 5.74) is 1.17. The summed E-state index contributed by atoms with van der Waals surface area (Å²) in [6.45, 7) is 0. The summed E-state index contributed by atoms with van der Waals surface area (Å²) in [7, 11) is 7.67. The zero-order valence-electron chi connectivity index (χ0n) is 16.0. The third kappa shape index (κ3) is 4.63. The lowest BCUT2D eigenvalue weighted by Gasteiger charge is -2.14. The molecule has 27 heavy (non-hydrogen) atoms. The van der Waals surface area contributed by atoms with E-state index >= 15 is 0 Å². The molecule has 0 fully saturated rings. The van der Waals surface area contributed by atoms with Crippen molar-refractivity contribution in [3.63, 3.8) is 0 Å². The van der Waals surface area contributed by atoms with Crippen molar-refractivity contribution < 1.29 is 28.5 Å². The molecule has 0 bridgehead atoms. The molecular weight excluding hydrogens is 350 g/mol. The monoisotopic (exact) mass is 373 g/mol. The first-order valence-corrected chi connectivity index (χ1v) is 8.08. The fourth-order valence-electron chi connectivity index (χ4n) is 2.51. The Morgan fingerprint density at radius 1 is 0.815 bits per heavy atom. The number of nitrogens with one attached hydrogen (secondary N) is 1. The Hall–Kier alpha value is -3.35. The molecule has 0 atom stereocenters. The minimum absolute atomic E-state index is 0.335. The fourth-order valence-corrected chi connectivity index (χ4v) is 2.51. The number of hydrogen-bond donors (Lipinski definition) is 1. The molecule has 7 nitrogen and oxygen atoms in total. The molecule has 0 aliphatic carbocycles. The van der Waals surface area contributed by atoms with Crippen LogP contribution in [0.2, 0.25) is 0 Å². The van der Waals surface area contributed by atoms with Gasteiger partial charge in [-0.1, -0.05) is 0 Å². The lowest BCUT2D eigenvalue weighted by atomic mass is 10.1. The highest BCUT2D eigenvalue weighted by Gasteiger charge is 2.14. The number of carbonyl (C=O) groups is 1. The number of amides is 1. The topological polar surface area (TPSA) is 75.3 Å². The van der Waals surface area contributed by atoms with E-state index in [0.29, 0.717) is 40.0 Å². The minimum Gasteiger partial charge on any atom is -0.497 e. The van der Waals surface area contributed by atoms with Gasteiger partial charge in [0.25, 0.3) is 0 Å². The molecule has 0 aliphatic heterocycles. The Bertz CT molecular complexity index is 831. The largest absolute Gasteiger partial charge is 0.497 e. The van der Waals surface area contributed by atoms with Crippen LogP contribution in [0.1, 0.15) is 5.56 Å². The van der Waals surface area contributed by atoms with Crippen LogP contribution in [-0.4, -0.2) is 41.5 Å². The molecule has 0 radical (unpaired) electrons. The van der Waals surface area contributed by atoms with Crippen LogP contribution in [0.15, 0.2) is 36.4 Å². The lowest BCUT2D eigenvalue weighted by molar-refractivity contribution is -0.111. The van der Waals surface area contributed by atoms with E-state index in [0.717, 1.165) is 0 Å². The van der Waals surface area contributed by atoms with E-state index in [9.17, 15) is 4.79 Å². The van der Waals surface area contributed by atoms with Gasteiger partial charge in [-0.3, -0.25) is 4.79 Å². The van der Waals surface area contributed by atoms with Crippen LogP contribution >= 0.6 is 0 Å². The Labute approximate surface area is 158 Å². The summed E-state index contributed by atoms with van der Waals surface area (Å²) in [5.74, 6) is 2.27. The molecular formula is C20H23NO6. The van der Waals surface area contributed by atoms with Gasteiger partial charge in [0, 0.05) is 17.7 Å². The quantitative estimate of drug-likeness (QED) is 0.715. The van der Waals surface area contributed by atoms with Crippen LogP contribution in [0.4, 0.5) is 5.69 Å².